The Labute approximate surface area is 100 Å². The number of amides is 1. The van der Waals surface area contributed by atoms with Gasteiger partial charge in [-0.25, -0.2) is 4.79 Å². The molecule has 17 heavy (non-hydrogen) atoms. The van der Waals surface area contributed by atoms with Gasteiger partial charge in [0.05, 0.1) is 7.11 Å². The number of benzene rings is 1. The molecule has 1 amide bonds. The number of hydrogen-bond acceptors (Lipinski definition) is 3. The minimum atomic E-state index is -0.422. The van der Waals surface area contributed by atoms with Gasteiger partial charge in [-0.15, -0.1) is 0 Å². The van der Waals surface area contributed by atoms with Gasteiger partial charge in [-0.3, -0.25) is 4.79 Å². The van der Waals surface area contributed by atoms with Gasteiger partial charge in [-0.05, 0) is 23.8 Å². The molecule has 0 aliphatic heterocycles. The van der Waals surface area contributed by atoms with E-state index in [1.165, 1.54) is 18.1 Å². The molecule has 0 aliphatic rings. The second kappa shape index (κ2) is 5.84. The van der Waals surface area contributed by atoms with Gasteiger partial charge in [0.2, 0.25) is 0 Å². The third kappa shape index (κ3) is 3.75. The predicted molar refractivity (Wildman–Crippen MR) is 65.5 cm³/mol. The van der Waals surface area contributed by atoms with E-state index < -0.39 is 5.97 Å². The van der Waals surface area contributed by atoms with Crippen molar-refractivity contribution in [2.24, 2.45) is 0 Å². The van der Waals surface area contributed by atoms with Gasteiger partial charge in [0.15, 0.2) is 0 Å². The number of carbonyl (C=O) groups is 2. The van der Waals surface area contributed by atoms with Crippen LogP contribution >= 0.6 is 0 Å². The third-order valence-corrected chi connectivity index (χ3v) is 2.15. The third-order valence-electron chi connectivity index (χ3n) is 2.15. The first-order chi connectivity index (χ1) is 8.04. The van der Waals surface area contributed by atoms with Crippen molar-refractivity contribution in [2.75, 3.05) is 21.2 Å². The summed E-state index contributed by atoms with van der Waals surface area (Å²) in [5.41, 5.74) is 1.37. The van der Waals surface area contributed by atoms with Crippen LogP contribution in [0.2, 0.25) is 0 Å². The van der Waals surface area contributed by atoms with E-state index >= 15 is 0 Å². The van der Waals surface area contributed by atoms with Crippen molar-refractivity contribution in [2.45, 2.75) is 0 Å². The summed E-state index contributed by atoms with van der Waals surface area (Å²) in [6.45, 7) is 0. The number of rotatable bonds is 3. The molecule has 0 unspecified atom stereocenters. The molecular formula is C13H15NO3. The van der Waals surface area contributed by atoms with E-state index in [1.807, 2.05) is 6.07 Å². The molecule has 0 atom stereocenters. The summed E-state index contributed by atoms with van der Waals surface area (Å²) >= 11 is 0. The minimum absolute atomic E-state index is 0.0710. The monoisotopic (exact) mass is 233 g/mol. The van der Waals surface area contributed by atoms with Gasteiger partial charge in [-0.1, -0.05) is 12.1 Å². The van der Waals surface area contributed by atoms with Crippen LogP contribution in [0.25, 0.3) is 6.08 Å². The van der Waals surface area contributed by atoms with Gasteiger partial charge in [0.25, 0.3) is 5.91 Å². The van der Waals surface area contributed by atoms with Crippen molar-refractivity contribution in [3.8, 4) is 0 Å². The van der Waals surface area contributed by atoms with Crippen molar-refractivity contribution in [1.82, 2.24) is 4.90 Å². The lowest BCUT2D eigenvalue weighted by molar-refractivity contribution is -0.134. The Morgan fingerprint density at radius 2 is 2.00 bits per heavy atom. The van der Waals surface area contributed by atoms with E-state index in [0.29, 0.717) is 5.56 Å². The smallest absolute Gasteiger partial charge is 0.330 e. The molecule has 0 saturated carbocycles. The van der Waals surface area contributed by atoms with E-state index in [1.54, 1.807) is 38.4 Å². The Morgan fingerprint density at radius 1 is 1.29 bits per heavy atom. The van der Waals surface area contributed by atoms with Crippen molar-refractivity contribution in [3.05, 3.63) is 41.5 Å². The first-order valence-electron chi connectivity index (χ1n) is 5.12. The van der Waals surface area contributed by atoms with Crippen LogP contribution in [0.1, 0.15) is 15.9 Å². The lowest BCUT2D eigenvalue weighted by atomic mass is 10.1. The molecule has 4 heteroatoms. The van der Waals surface area contributed by atoms with Crippen molar-refractivity contribution in [1.29, 1.82) is 0 Å². The second-order valence-corrected chi connectivity index (χ2v) is 3.68. The summed E-state index contributed by atoms with van der Waals surface area (Å²) < 4.78 is 4.49. The molecular weight excluding hydrogens is 218 g/mol. The molecule has 0 heterocycles. The van der Waals surface area contributed by atoms with Crippen molar-refractivity contribution in [3.63, 3.8) is 0 Å². The molecule has 4 nitrogen and oxygen atoms in total. The molecule has 0 radical (unpaired) electrons. The Balaban J connectivity index is 2.90. The van der Waals surface area contributed by atoms with Crippen molar-refractivity contribution < 1.29 is 14.3 Å². The van der Waals surface area contributed by atoms with E-state index in [0.717, 1.165) is 5.56 Å². The number of hydrogen-bond donors (Lipinski definition) is 0. The maximum absolute atomic E-state index is 11.7. The van der Waals surface area contributed by atoms with Gasteiger partial charge in [0, 0.05) is 25.7 Å². The Morgan fingerprint density at radius 3 is 2.59 bits per heavy atom. The van der Waals surface area contributed by atoms with Gasteiger partial charge in [0.1, 0.15) is 0 Å². The second-order valence-electron chi connectivity index (χ2n) is 3.68. The SMILES string of the molecule is COC(=O)C=Cc1cccc(C(=O)N(C)C)c1. The fourth-order valence-electron chi connectivity index (χ4n) is 1.27. The molecule has 1 rings (SSSR count). The van der Waals surface area contributed by atoms with Crippen LogP contribution in [0.4, 0.5) is 0 Å². The van der Waals surface area contributed by atoms with Crippen LogP contribution in [0.15, 0.2) is 30.3 Å². The zero-order valence-corrected chi connectivity index (χ0v) is 10.1. The largest absolute Gasteiger partial charge is 0.466 e. The topological polar surface area (TPSA) is 46.6 Å². The van der Waals surface area contributed by atoms with Crippen LogP contribution in [-0.4, -0.2) is 38.0 Å². The molecule has 1 aromatic rings. The van der Waals surface area contributed by atoms with Crippen LogP contribution in [0, 0.1) is 0 Å². The lowest BCUT2D eigenvalue weighted by Crippen LogP contribution is -2.21. The molecule has 90 valence electrons. The molecule has 0 spiro atoms. The van der Waals surface area contributed by atoms with Crippen LogP contribution in [0.5, 0.6) is 0 Å². The normalized spacial score (nSPS) is 10.3. The zero-order valence-electron chi connectivity index (χ0n) is 10.1. The maximum Gasteiger partial charge on any atom is 0.330 e. The van der Waals surface area contributed by atoms with E-state index in [2.05, 4.69) is 4.74 Å². The predicted octanol–water partition coefficient (Wildman–Crippen LogP) is 1.57. The molecule has 0 fully saturated rings. The summed E-state index contributed by atoms with van der Waals surface area (Å²) in [5.74, 6) is -0.493. The first-order valence-corrected chi connectivity index (χ1v) is 5.12. The fourth-order valence-corrected chi connectivity index (χ4v) is 1.27. The Kier molecular flexibility index (Phi) is 4.46. The summed E-state index contributed by atoms with van der Waals surface area (Å²) in [4.78, 5) is 24.1. The molecule has 0 aromatic heterocycles. The van der Waals surface area contributed by atoms with Gasteiger partial charge in [-0.2, -0.15) is 0 Å². The first kappa shape index (κ1) is 13.0. The number of esters is 1. The number of carbonyl (C=O) groups excluding carboxylic acids is 2. The highest BCUT2D eigenvalue weighted by molar-refractivity contribution is 5.95. The summed E-state index contributed by atoms with van der Waals surface area (Å²) in [6.07, 6.45) is 2.93. The summed E-state index contributed by atoms with van der Waals surface area (Å²) in [7, 11) is 4.71. The van der Waals surface area contributed by atoms with Crippen LogP contribution < -0.4 is 0 Å². The molecule has 0 bridgehead atoms. The van der Waals surface area contributed by atoms with Crippen LogP contribution in [-0.2, 0) is 9.53 Å². The quantitative estimate of drug-likeness (QED) is 0.588. The summed E-state index contributed by atoms with van der Waals surface area (Å²) in [6, 6.07) is 7.04. The van der Waals surface area contributed by atoms with Crippen molar-refractivity contribution >= 4 is 18.0 Å². The summed E-state index contributed by atoms with van der Waals surface area (Å²) in [5, 5.41) is 0. The van der Waals surface area contributed by atoms with Crippen LogP contribution in [0.3, 0.4) is 0 Å². The maximum atomic E-state index is 11.7. The van der Waals surface area contributed by atoms with Gasteiger partial charge >= 0.3 is 5.97 Å². The Bertz CT molecular complexity index is 450. The van der Waals surface area contributed by atoms with E-state index in [9.17, 15) is 9.59 Å². The number of ether oxygens (including phenoxy) is 1. The zero-order chi connectivity index (χ0) is 12.8. The Hall–Kier alpha value is -2.10. The fraction of sp³-hybridized carbons (Fsp3) is 0.231. The molecule has 1 aromatic carbocycles. The van der Waals surface area contributed by atoms with Gasteiger partial charge < -0.3 is 9.64 Å². The minimum Gasteiger partial charge on any atom is -0.466 e. The highest BCUT2D eigenvalue weighted by atomic mass is 16.5. The molecule has 0 aliphatic carbocycles. The standard InChI is InChI=1S/C13H15NO3/c1-14(2)13(16)11-6-4-5-10(9-11)7-8-12(15)17-3/h4-9H,1-3H3. The number of nitrogens with zero attached hydrogens (tertiary/aromatic N) is 1. The number of methoxy groups -OCH3 is 1. The average molecular weight is 233 g/mol. The molecule has 0 saturated heterocycles. The van der Waals surface area contributed by atoms with E-state index in [4.69, 9.17) is 0 Å². The molecule has 0 N–H and O–H groups in total. The lowest BCUT2D eigenvalue weighted by Gasteiger charge is -2.10. The highest BCUT2D eigenvalue weighted by Gasteiger charge is 2.07. The highest BCUT2D eigenvalue weighted by Crippen LogP contribution is 2.08. The van der Waals surface area contributed by atoms with E-state index in [-0.39, 0.29) is 5.91 Å². The average Bonchev–Trinajstić information content (AvgIpc) is 2.35.